The van der Waals surface area contributed by atoms with Gasteiger partial charge in [0.15, 0.2) is 10.4 Å². The zero-order chi connectivity index (χ0) is 12.8. The average molecular weight is 302 g/mol. The summed E-state index contributed by atoms with van der Waals surface area (Å²) in [6.07, 6.45) is 1.43. The minimum atomic E-state index is -0.951. The predicted octanol–water partition coefficient (Wildman–Crippen LogP) is 2.15. The second kappa shape index (κ2) is 6.24. The lowest BCUT2D eigenvalue weighted by atomic mass is 10.3. The molecule has 0 aliphatic carbocycles. The van der Waals surface area contributed by atoms with Crippen molar-refractivity contribution in [1.29, 1.82) is 0 Å². The van der Waals surface area contributed by atoms with Crippen molar-refractivity contribution in [3.05, 3.63) is 35.2 Å². The second-order valence-electron chi connectivity index (χ2n) is 3.29. The van der Waals surface area contributed by atoms with Gasteiger partial charge < -0.3 is 14.4 Å². The second-order valence-corrected chi connectivity index (χ2v) is 4.07. The fourth-order valence-electron chi connectivity index (χ4n) is 1.25. The van der Waals surface area contributed by atoms with Crippen LogP contribution in [0.5, 0.6) is 0 Å². The third kappa shape index (κ3) is 4.07. The number of halogens is 1. The molecule has 1 N–H and O–H groups in total. The lowest BCUT2D eigenvalue weighted by Crippen LogP contribution is -2.32. The van der Waals surface area contributed by atoms with Gasteiger partial charge in [-0.2, -0.15) is 0 Å². The van der Waals surface area contributed by atoms with Crippen molar-refractivity contribution in [2.45, 2.75) is 6.42 Å². The molecule has 5 nitrogen and oxygen atoms in total. The summed E-state index contributed by atoms with van der Waals surface area (Å²) in [6, 6.07) is 3.14. The largest absolute Gasteiger partial charge is 0.481 e. The lowest BCUT2D eigenvalue weighted by molar-refractivity contribution is -0.137. The molecule has 0 aliphatic heterocycles. The van der Waals surface area contributed by atoms with Crippen LogP contribution in [0.15, 0.2) is 33.9 Å². The number of carbonyl (C=O) groups is 2. The van der Waals surface area contributed by atoms with Gasteiger partial charge in [-0.1, -0.05) is 6.08 Å². The maximum Gasteiger partial charge on any atom is 0.305 e. The standard InChI is InChI=1S/C11H12BrNO4/c1-2-6-13(7-5-10(14)15)11(16)8-3-4-9(12)17-8/h2-4H,1,5-7H2,(H,14,15). The van der Waals surface area contributed by atoms with Crippen molar-refractivity contribution < 1.29 is 19.1 Å². The normalized spacial score (nSPS) is 9.94. The molecule has 0 unspecified atom stereocenters. The lowest BCUT2D eigenvalue weighted by Gasteiger charge is -2.18. The summed E-state index contributed by atoms with van der Waals surface area (Å²) < 4.78 is 5.58. The average Bonchev–Trinajstić information content (AvgIpc) is 2.70. The van der Waals surface area contributed by atoms with Crippen LogP contribution in [0.25, 0.3) is 0 Å². The van der Waals surface area contributed by atoms with Gasteiger partial charge in [-0.05, 0) is 28.1 Å². The van der Waals surface area contributed by atoms with E-state index in [1.54, 1.807) is 6.07 Å². The van der Waals surface area contributed by atoms with E-state index in [-0.39, 0.29) is 31.2 Å². The number of rotatable bonds is 6. The van der Waals surface area contributed by atoms with Crippen molar-refractivity contribution in [2.24, 2.45) is 0 Å². The van der Waals surface area contributed by atoms with E-state index >= 15 is 0 Å². The Hall–Kier alpha value is -1.56. The maximum absolute atomic E-state index is 11.9. The van der Waals surface area contributed by atoms with Gasteiger partial charge in [-0.15, -0.1) is 6.58 Å². The Labute approximate surface area is 107 Å². The molecule has 1 rings (SSSR count). The Morgan fingerprint density at radius 3 is 2.71 bits per heavy atom. The number of nitrogens with zero attached hydrogens (tertiary/aromatic N) is 1. The molecule has 0 spiro atoms. The van der Waals surface area contributed by atoms with Gasteiger partial charge in [0.05, 0.1) is 6.42 Å². The smallest absolute Gasteiger partial charge is 0.305 e. The molecule has 0 saturated carbocycles. The van der Waals surface area contributed by atoms with Crippen LogP contribution in [0.1, 0.15) is 17.0 Å². The highest BCUT2D eigenvalue weighted by atomic mass is 79.9. The SMILES string of the molecule is C=CCN(CCC(=O)O)C(=O)c1ccc(Br)o1. The van der Waals surface area contributed by atoms with Crippen molar-refractivity contribution in [3.63, 3.8) is 0 Å². The molecular formula is C11H12BrNO4. The molecule has 0 aromatic carbocycles. The topological polar surface area (TPSA) is 70.8 Å². The number of amides is 1. The minimum Gasteiger partial charge on any atom is -0.481 e. The van der Waals surface area contributed by atoms with Gasteiger partial charge in [0.25, 0.3) is 5.91 Å². The number of furan rings is 1. The molecule has 92 valence electrons. The summed E-state index contributed by atoms with van der Waals surface area (Å²) in [5, 5.41) is 8.59. The maximum atomic E-state index is 11.9. The van der Waals surface area contributed by atoms with E-state index in [4.69, 9.17) is 9.52 Å². The molecule has 0 fully saturated rings. The van der Waals surface area contributed by atoms with Crippen LogP contribution in [0.3, 0.4) is 0 Å². The van der Waals surface area contributed by atoms with E-state index in [1.807, 2.05) is 0 Å². The molecule has 0 bridgehead atoms. The summed E-state index contributed by atoms with van der Waals surface area (Å²) in [5.41, 5.74) is 0. The van der Waals surface area contributed by atoms with Gasteiger partial charge in [-0.25, -0.2) is 0 Å². The number of aliphatic carboxylic acids is 1. The fraction of sp³-hybridized carbons (Fsp3) is 0.273. The minimum absolute atomic E-state index is 0.110. The quantitative estimate of drug-likeness (QED) is 0.817. The Kier molecular flexibility index (Phi) is 4.96. The predicted molar refractivity (Wildman–Crippen MR) is 64.8 cm³/mol. The first kappa shape index (κ1) is 13.5. The van der Waals surface area contributed by atoms with E-state index < -0.39 is 5.97 Å². The summed E-state index contributed by atoms with van der Waals surface area (Å²) in [6.45, 7) is 3.93. The zero-order valence-electron chi connectivity index (χ0n) is 9.06. The molecule has 0 aliphatic rings. The van der Waals surface area contributed by atoms with Gasteiger partial charge in [0.1, 0.15) is 0 Å². The molecular weight excluding hydrogens is 290 g/mol. The van der Waals surface area contributed by atoms with Crippen molar-refractivity contribution in [3.8, 4) is 0 Å². The van der Waals surface area contributed by atoms with Crippen LogP contribution in [0.4, 0.5) is 0 Å². The van der Waals surface area contributed by atoms with Crippen LogP contribution in [0.2, 0.25) is 0 Å². The summed E-state index contributed by atoms with van der Waals surface area (Å²) >= 11 is 3.10. The molecule has 1 amide bonds. The Bertz CT molecular complexity index is 427. The van der Waals surface area contributed by atoms with Crippen LogP contribution in [-0.4, -0.2) is 35.0 Å². The number of carboxylic acids is 1. The van der Waals surface area contributed by atoms with Gasteiger partial charge in [-0.3, -0.25) is 9.59 Å². The first-order valence-electron chi connectivity index (χ1n) is 4.92. The van der Waals surface area contributed by atoms with Gasteiger partial charge in [0, 0.05) is 13.1 Å². The van der Waals surface area contributed by atoms with Crippen LogP contribution < -0.4 is 0 Å². The monoisotopic (exact) mass is 301 g/mol. The highest BCUT2D eigenvalue weighted by Gasteiger charge is 2.18. The summed E-state index contributed by atoms with van der Waals surface area (Å²) in [7, 11) is 0. The number of hydrogen-bond donors (Lipinski definition) is 1. The molecule has 17 heavy (non-hydrogen) atoms. The van der Waals surface area contributed by atoms with Gasteiger partial charge >= 0.3 is 5.97 Å². The first-order valence-corrected chi connectivity index (χ1v) is 5.71. The van der Waals surface area contributed by atoms with E-state index in [0.29, 0.717) is 4.67 Å². The molecule has 1 aromatic heterocycles. The van der Waals surface area contributed by atoms with Crippen molar-refractivity contribution in [2.75, 3.05) is 13.1 Å². The van der Waals surface area contributed by atoms with E-state index in [9.17, 15) is 9.59 Å². The zero-order valence-corrected chi connectivity index (χ0v) is 10.6. The number of carboxylic acid groups (broad SMARTS) is 1. The van der Waals surface area contributed by atoms with E-state index in [0.717, 1.165) is 0 Å². The molecule has 0 radical (unpaired) electrons. The number of hydrogen-bond acceptors (Lipinski definition) is 3. The third-order valence-corrected chi connectivity index (χ3v) is 2.44. The van der Waals surface area contributed by atoms with Crippen LogP contribution in [-0.2, 0) is 4.79 Å². The molecule has 6 heteroatoms. The molecule has 0 atom stereocenters. The van der Waals surface area contributed by atoms with E-state index in [1.165, 1.54) is 17.0 Å². The summed E-state index contributed by atoms with van der Waals surface area (Å²) in [5.74, 6) is -1.13. The molecule has 0 saturated heterocycles. The van der Waals surface area contributed by atoms with Gasteiger partial charge in [0.2, 0.25) is 0 Å². The van der Waals surface area contributed by atoms with E-state index in [2.05, 4.69) is 22.5 Å². The van der Waals surface area contributed by atoms with Crippen molar-refractivity contribution >= 4 is 27.8 Å². The molecule has 1 aromatic rings. The Morgan fingerprint density at radius 2 is 2.24 bits per heavy atom. The Balaban J connectivity index is 2.72. The summed E-state index contributed by atoms with van der Waals surface area (Å²) in [4.78, 5) is 23.8. The molecule has 1 heterocycles. The fourth-order valence-corrected chi connectivity index (χ4v) is 1.55. The van der Waals surface area contributed by atoms with Crippen LogP contribution in [0, 0.1) is 0 Å². The first-order chi connectivity index (χ1) is 8.04. The highest BCUT2D eigenvalue weighted by molar-refractivity contribution is 9.10. The number of carbonyl (C=O) groups excluding carboxylic acids is 1. The van der Waals surface area contributed by atoms with Crippen molar-refractivity contribution in [1.82, 2.24) is 4.90 Å². The van der Waals surface area contributed by atoms with Crippen LogP contribution >= 0.6 is 15.9 Å². The highest BCUT2D eigenvalue weighted by Crippen LogP contribution is 2.16. The third-order valence-electron chi connectivity index (χ3n) is 2.02. The Morgan fingerprint density at radius 1 is 1.53 bits per heavy atom.